The minimum absolute atomic E-state index is 0.190. The monoisotopic (exact) mass is 331 g/mol. The maximum Gasteiger partial charge on any atom is 0.319 e. The zero-order chi connectivity index (χ0) is 17.4. The second-order valence-corrected chi connectivity index (χ2v) is 5.13. The highest BCUT2D eigenvalue weighted by Crippen LogP contribution is 2.27. The predicted molar refractivity (Wildman–Crippen MR) is 91.2 cm³/mol. The zero-order valence-corrected chi connectivity index (χ0v) is 13.7. The van der Waals surface area contributed by atoms with E-state index >= 15 is 0 Å². The van der Waals surface area contributed by atoms with Crippen LogP contribution in [0, 0.1) is 0 Å². The van der Waals surface area contributed by atoms with Gasteiger partial charge in [0.25, 0.3) is 0 Å². The van der Waals surface area contributed by atoms with Crippen molar-refractivity contribution in [3.63, 3.8) is 0 Å². The second-order valence-electron chi connectivity index (χ2n) is 5.13. The van der Waals surface area contributed by atoms with Gasteiger partial charge < -0.3 is 25.3 Å². The molecule has 1 heterocycles. The molecule has 0 atom stereocenters. The first-order valence-corrected chi connectivity index (χ1v) is 7.54. The summed E-state index contributed by atoms with van der Waals surface area (Å²) in [6.07, 6.45) is 6.14. The molecule has 0 bridgehead atoms. The number of methoxy groups -OCH3 is 1. The third-order valence-corrected chi connectivity index (χ3v) is 3.21. The fraction of sp³-hybridized carbons (Fsp3) is 0.312. The van der Waals surface area contributed by atoms with E-state index < -0.39 is 0 Å². The lowest BCUT2D eigenvalue weighted by atomic mass is 10.2. The molecule has 128 valence electrons. The Morgan fingerprint density at radius 2 is 2.12 bits per heavy atom. The van der Waals surface area contributed by atoms with Crippen molar-refractivity contribution in [1.82, 2.24) is 14.9 Å². The molecular formula is C16H21N5O3. The summed E-state index contributed by atoms with van der Waals surface area (Å²) in [6.45, 7) is 2.76. The maximum atomic E-state index is 11.9. The van der Waals surface area contributed by atoms with Crippen molar-refractivity contribution in [2.45, 2.75) is 19.9 Å². The van der Waals surface area contributed by atoms with Crippen LogP contribution in [0.3, 0.4) is 0 Å². The molecule has 0 saturated heterocycles. The lowest BCUT2D eigenvalue weighted by Gasteiger charge is -2.12. The van der Waals surface area contributed by atoms with Gasteiger partial charge in [-0.2, -0.15) is 0 Å². The molecule has 0 aliphatic heterocycles. The van der Waals surface area contributed by atoms with Crippen LogP contribution in [0.5, 0.6) is 5.75 Å². The molecule has 8 nitrogen and oxygen atoms in total. The number of hydrogen-bond donors (Lipinski definition) is 3. The van der Waals surface area contributed by atoms with Crippen molar-refractivity contribution >= 4 is 23.3 Å². The number of amides is 3. The summed E-state index contributed by atoms with van der Waals surface area (Å²) >= 11 is 0. The van der Waals surface area contributed by atoms with E-state index in [9.17, 15) is 9.59 Å². The molecular weight excluding hydrogens is 310 g/mol. The van der Waals surface area contributed by atoms with Gasteiger partial charge in [-0.15, -0.1) is 0 Å². The van der Waals surface area contributed by atoms with Gasteiger partial charge in [0, 0.05) is 44.2 Å². The molecule has 8 heteroatoms. The minimum Gasteiger partial charge on any atom is -0.494 e. The number of imidazole rings is 1. The Kier molecular flexibility index (Phi) is 6.18. The number of aromatic nitrogens is 2. The number of hydrogen-bond acceptors (Lipinski definition) is 4. The SMILES string of the molecule is COc1cc(NC(=O)NCCCn2ccnc2)ccc1NC(C)=O. The fourth-order valence-corrected chi connectivity index (χ4v) is 2.12. The number of ether oxygens (including phenoxy) is 1. The number of urea groups is 1. The molecule has 0 aliphatic rings. The van der Waals surface area contributed by atoms with Crippen molar-refractivity contribution in [3.05, 3.63) is 36.9 Å². The van der Waals surface area contributed by atoms with E-state index in [2.05, 4.69) is 20.9 Å². The number of nitrogens with zero attached hydrogens (tertiary/aromatic N) is 2. The van der Waals surface area contributed by atoms with Crippen LogP contribution >= 0.6 is 0 Å². The van der Waals surface area contributed by atoms with Gasteiger partial charge in [0.15, 0.2) is 0 Å². The summed E-state index contributed by atoms with van der Waals surface area (Å²) in [4.78, 5) is 27.0. The number of carbonyl (C=O) groups is 2. The van der Waals surface area contributed by atoms with Crippen LogP contribution in [-0.4, -0.2) is 35.1 Å². The molecule has 0 aliphatic carbocycles. The zero-order valence-electron chi connectivity index (χ0n) is 13.7. The first-order valence-electron chi connectivity index (χ1n) is 7.54. The summed E-state index contributed by atoms with van der Waals surface area (Å²) in [7, 11) is 1.50. The van der Waals surface area contributed by atoms with Crippen LogP contribution in [0.1, 0.15) is 13.3 Å². The second kappa shape index (κ2) is 8.56. The van der Waals surface area contributed by atoms with E-state index in [-0.39, 0.29) is 11.9 Å². The van der Waals surface area contributed by atoms with E-state index in [1.807, 2.05) is 10.8 Å². The number of carbonyl (C=O) groups excluding carboxylic acids is 2. The quantitative estimate of drug-likeness (QED) is 0.677. The summed E-state index contributed by atoms with van der Waals surface area (Å²) in [5, 5.41) is 8.17. The van der Waals surface area contributed by atoms with Gasteiger partial charge in [-0.25, -0.2) is 9.78 Å². The smallest absolute Gasteiger partial charge is 0.319 e. The van der Waals surface area contributed by atoms with E-state index in [4.69, 9.17) is 4.74 Å². The van der Waals surface area contributed by atoms with Gasteiger partial charge >= 0.3 is 6.03 Å². The average molecular weight is 331 g/mol. The summed E-state index contributed by atoms with van der Waals surface area (Å²) < 4.78 is 7.16. The average Bonchev–Trinajstić information content (AvgIpc) is 3.06. The molecule has 0 unspecified atom stereocenters. The standard InChI is InChI=1S/C16H21N5O3/c1-12(22)19-14-5-4-13(10-15(14)24-2)20-16(23)18-6-3-8-21-9-7-17-11-21/h4-5,7,9-11H,3,6,8H2,1-2H3,(H,19,22)(H2,18,20,23). The van der Waals surface area contributed by atoms with E-state index in [1.54, 1.807) is 30.7 Å². The molecule has 2 rings (SSSR count). The topological polar surface area (TPSA) is 97.3 Å². The molecule has 24 heavy (non-hydrogen) atoms. The fourth-order valence-electron chi connectivity index (χ4n) is 2.12. The number of rotatable bonds is 7. The van der Waals surface area contributed by atoms with Crippen molar-refractivity contribution in [1.29, 1.82) is 0 Å². The number of benzene rings is 1. The van der Waals surface area contributed by atoms with Crippen LogP contribution in [0.2, 0.25) is 0 Å². The van der Waals surface area contributed by atoms with Crippen LogP contribution in [0.4, 0.5) is 16.2 Å². The van der Waals surface area contributed by atoms with Crippen molar-refractivity contribution in [2.75, 3.05) is 24.3 Å². The number of aryl methyl sites for hydroxylation is 1. The van der Waals surface area contributed by atoms with Crippen molar-refractivity contribution in [2.24, 2.45) is 0 Å². The minimum atomic E-state index is -0.296. The van der Waals surface area contributed by atoms with E-state index in [1.165, 1.54) is 14.0 Å². The first kappa shape index (κ1) is 17.3. The lowest BCUT2D eigenvalue weighted by Crippen LogP contribution is -2.30. The Labute approximate surface area is 140 Å². The van der Waals surface area contributed by atoms with Crippen LogP contribution < -0.4 is 20.7 Å². The third kappa shape index (κ3) is 5.31. The molecule has 3 amide bonds. The highest BCUT2D eigenvalue weighted by Gasteiger charge is 2.08. The molecule has 1 aromatic carbocycles. The third-order valence-electron chi connectivity index (χ3n) is 3.21. The Morgan fingerprint density at radius 1 is 1.29 bits per heavy atom. The molecule has 0 fully saturated rings. The molecule has 0 spiro atoms. The van der Waals surface area contributed by atoms with Crippen molar-refractivity contribution < 1.29 is 14.3 Å². The largest absolute Gasteiger partial charge is 0.494 e. The number of anilines is 2. The number of nitrogens with one attached hydrogen (secondary N) is 3. The molecule has 3 N–H and O–H groups in total. The maximum absolute atomic E-state index is 11.9. The van der Waals surface area contributed by atoms with Gasteiger partial charge in [0.05, 0.1) is 19.1 Å². The molecule has 0 radical (unpaired) electrons. The Morgan fingerprint density at radius 3 is 2.79 bits per heavy atom. The molecule has 1 aromatic heterocycles. The Hall–Kier alpha value is -3.03. The normalized spacial score (nSPS) is 10.1. The highest BCUT2D eigenvalue weighted by molar-refractivity contribution is 5.93. The summed E-state index contributed by atoms with van der Waals surface area (Å²) in [6, 6.07) is 4.72. The van der Waals surface area contributed by atoms with Crippen LogP contribution in [0.15, 0.2) is 36.9 Å². The van der Waals surface area contributed by atoms with Gasteiger partial charge in [0.1, 0.15) is 5.75 Å². The van der Waals surface area contributed by atoms with E-state index in [0.29, 0.717) is 23.7 Å². The first-order chi connectivity index (χ1) is 11.6. The van der Waals surface area contributed by atoms with Crippen molar-refractivity contribution in [3.8, 4) is 5.75 Å². The molecule has 2 aromatic rings. The van der Waals surface area contributed by atoms with Gasteiger partial charge in [-0.1, -0.05) is 0 Å². The lowest BCUT2D eigenvalue weighted by molar-refractivity contribution is -0.114. The van der Waals surface area contributed by atoms with E-state index in [0.717, 1.165) is 13.0 Å². The molecule has 0 saturated carbocycles. The highest BCUT2D eigenvalue weighted by atomic mass is 16.5. The Balaban J connectivity index is 1.81. The van der Waals surface area contributed by atoms with Gasteiger partial charge in [-0.3, -0.25) is 4.79 Å². The van der Waals surface area contributed by atoms with Gasteiger partial charge in [-0.05, 0) is 18.6 Å². The predicted octanol–water partition coefficient (Wildman–Crippen LogP) is 2.06. The van der Waals surface area contributed by atoms with Gasteiger partial charge in [0.2, 0.25) is 5.91 Å². The van der Waals surface area contributed by atoms with Crippen LogP contribution in [0.25, 0.3) is 0 Å². The summed E-state index contributed by atoms with van der Waals surface area (Å²) in [5.74, 6) is 0.285. The Bertz CT molecular complexity index is 685. The summed E-state index contributed by atoms with van der Waals surface area (Å²) in [5.41, 5.74) is 1.13. The van der Waals surface area contributed by atoms with Crippen LogP contribution in [-0.2, 0) is 11.3 Å².